The molecule has 0 spiro atoms. The molecule has 3 rings (SSSR count). The number of alkyl halides is 3. The molecule has 0 aliphatic carbocycles. The second-order valence-corrected chi connectivity index (χ2v) is 8.26. The molecular formula is C18H13ClF3N5OS. The van der Waals surface area contributed by atoms with E-state index in [9.17, 15) is 28.2 Å². The molecule has 0 radical (unpaired) electrons. The highest BCUT2D eigenvalue weighted by Gasteiger charge is 2.44. The maximum atomic E-state index is 13.4. The summed E-state index contributed by atoms with van der Waals surface area (Å²) < 4.78 is 53.8. The van der Waals surface area contributed by atoms with E-state index in [0.717, 1.165) is 12.1 Å². The highest BCUT2D eigenvalue weighted by molar-refractivity contribution is 7.91. The van der Waals surface area contributed by atoms with Gasteiger partial charge in [-0.15, -0.1) is 11.7 Å². The Balaban J connectivity index is 2.44. The van der Waals surface area contributed by atoms with Crippen LogP contribution in [0.25, 0.3) is 5.69 Å². The molecule has 2 aromatic rings. The third-order valence-electron chi connectivity index (χ3n) is 4.57. The molecule has 1 aromatic carbocycles. The molecule has 1 N–H and O–H groups in total. The van der Waals surface area contributed by atoms with Gasteiger partial charge in [-0.3, -0.25) is 0 Å². The standard InChI is InChI=1S/C18H13ClF3N5OS/c1-3-17(5-6-23)11-7-10(18(20,21)22)8-12(19)14(11)27-16(25-17)15(29(28)4-2)13(9-24)26-27/h3,7-8,25H,1,4-5H2,2H3. The maximum Gasteiger partial charge on any atom is 0.416 e. The monoisotopic (exact) mass is 439 g/mol. The number of hydrogen-bond donors (Lipinski definition) is 1. The first-order chi connectivity index (χ1) is 13.6. The van der Waals surface area contributed by atoms with Gasteiger partial charge in [-0.25, -0.2) is 4.68 Å². The van der Waals surface area contributed by atoms with Crippen LogP contribution >= 0.6 is 11.6 Å². The third kappa shape index (κ3) is 3.23. The van der Waals surface area contributed by atoms with Crippen molar-refractivity contribution < 1.29 is 17.7 Å². The topological polar surface area (TPSA) is 100 Å². The predicted octanol–water partition coefficient (Wildman–Crippen LogP) is 4.26. The number of aromatic nitrogens is 2. The van der Waals surface area contributed by atoms with Crippen LogP contribution in [0, 0.1) is 22.7 Å². The maximum absolute atomic E-state index is 13.4. The fourth-order valence-electron chi connectivity index (χ4n) is 3.20. The summed E-state index contributed by atoms with van der Waals surface area (Å²) in [6, 6.07) is 5.41. The number of benzene rings is 1. The molecule has 0 saturated heterocycles. The van der Waals surface area contributed by atoms with Crippen LogP contribution in [-0.2, 0) is 22.9 Å². The Labute approximate surface area is 172 Å². The van der Waals surface area contributed by atoms with E-state index in [4.69, 9.17) is 11.6 Å². The average molecular weight is 440 g/mol. The summed E-state index contributed by atoms with van der Waals surface area (Å²) >= 11 is 4.61. The molecule has 2 heterocycles. The molecule has 0 fully saturated rings. The Morgan fingerprint density at radius 1 is 1.45 bits per heavy atom. The van der Waals surface area contributed by atoms with Crippen LogP contribution in [0.15, 0.2) is 29.7 Å². The zero-order valence-electron chi connectivity index (χ0n) is 15.0. The number of halogens is 4. The van der Waals surface area contributed by atoms with Crippen molar-refractivity contribution in [2.45, 2.75) is 30.0 Å². The van der Waals surface area contributed by atoms with Crippen molar-refractivity contribution in [1.82, 2.24) is 9.78 Å². The number of fused-ring (bicyclic) bond motifs is 3. The molecule has 6 nitrogen and oxygen atoms in total. The molecule has 150 valence electrons. The van der Waals surface area contributed by atoms with Crippen molar-refractivity contribution in [2.75, 3.05) is 11.1 Å². The van der Waals surface area contributed by atoms with Crippen LogP contribution in [0.3, 0.4) is 0 Å². The summed E-state index contributed by atoms with van der Waals surface area (Å²) in [5, 5.41) is 25.5. The third-order valence-corrected chi connectivity index (χ3v) is 6.22. The first-order valence-corrected chi connectivity index (χ1v) is 9.95. The minimum absolute atomic E-state index is 0.0298. The number of anilines is 1. The number of nitriles is 2. The normalized spacial score (nSPS) is 18.6. The fraction of sp³-hybridized carbons (Fsp3) is 0.278. The number of nitrogens with one attached hydrogen (secondary N) is 1. The Bertz CT molecular complexity index is 1090. The smallest absolute Gasteiger partial charge is 0.416 e. The van der Waals surface area contributed by atoms with Gasteiger partial charge in [-0.05, 0) is 30.2 Å². The molecule has 29 heavy (non-hydrogen) atoms. The first-order valence-electron chi connectivity index (χ1n) is 8.25. The SMILES string of the molecule is C=CC1(CC#N)Nc2c([S+]([O-])CC)c(C#N)nn2-c2c(Cl)cc(C(F)(F)F)cc21. The second-order valence-electron chi connectivity index (χ2n) is 6.17. The lowest BCUT2D eigenvalue weighted by atomic mass is 9.83. The largest absolute Gasteiger partial charge is 0.611 e. The van der Waals surface area contributed by atoms with Crippen LogP contribution in [-0.4, -0.2) is 20.1 Å². The van der Waals surface area contributed by atoms with Crippen molar-refractivity contribution >= 4 is 28.6 Å². The van der Waals surface area contributed by atoms with Gasteiger partial charge in [0, 0.05) is 5.56 Å². The molecule has 2 unspecified atom stereocenters. The fourth-order valence-corrected chi connectivity index (χ4v) is 4.45. The number of nitrogens with zero attached hydrogens (tertiary/aromatic N) is 4. The van der Waals surface area contributed by atoms with E-state index in [2.05, 4.69) is 17.0 Å². The first kappa shape index (κ1) is 21.1. The summed E-state index contributed by atoms with van der Waals surface area (Å²) in [5.74, 6) is 0.313. The van der Waals surface area contributed by atoms with Crippen LogP contribution in [0.5, 0.6) is 0 Å². The van der Waals surface area contributed by atoms with Gasteiger partial charge in [0.2, 0.25) is 10.6 Å². The molecule has 1 aliphatic rings. The van der Waals surface area contributed by atoms with Crippen LogP contribution < -0.4 is 5.32 Å². The molecule has 0 saturated carbocycles. The van der Waals surface area contributed by atoms with E-state index in [1.807, 2.05) is 12.1 Å². The van der Waals surface area contributed by atoms with Gasteiger partial charge in [-0.1, -0.05) is 17.7 Å². The Morgan fingerprint density at radius 3 is 2.66 bits per heavy atom. The molecule has 1 aromatic heterocycles. The Morgan fingerprint density at radius 2 is 2.14 bits per heavy atom. The highest BCUT2D eigenvalue weighted by atomic mass is 35.5. The van der Waals surface area contributed by atoms with E-state index in [1.165, 1.54) is 10.8 Å². The lowest BCUT2D eigenvalue weighted by Crippen LogP contribution is -2.39. The molecule has 1 aliphatic heterocycles. The number of rotatable bonds is 4. The lowest BCUT2D eigenvalue weighted by Gasteiger charge is -2.37. The summed E-state index contributed by atoms with van der Waals surface area (Å²) in [6.45, 7) is 5.33. The molecule has 0 amide bonds. The van der Waals surface area contributed by atoms with Gasteiger partial charge in [-0.2, -0.15) is 23.7 Å². The second kappa shape index (κ2) is 7.30. The minimum Gasteiger partial charge on any atom is -0.611 e. The van der Waals surface area contributed by atoms with Gasteiger partial charge in [0.1, 0.15) is 11.8 Å². The van der Waals surface area contributed by atoms with E-state index < -0.39 is 28.5 Å². The molecule has 11 heteroatoms. The minimum atomic E-state index is -4.67. The highest BCUT2D eigenvalue weighted by Crippen LogP contribution is 2.47. The van der Waals surface area contributed by atoms with E-state index in [1.54, 1.807) is 6.92 Å². The van der Waals surface area contributed by atoms with E-state index >= 15 is 0 Å². The quantitative estimate of drug-likeness (QED) is 0.566. The Kier molecular flexibility index (Phi) is 5.30. The van der Waals surface area contributed by atoms with Crippen molar-refractivity contribution in [3.8, 4) is 17.8 Å². The van der Waals surface area contributed by atoms with Gasteiger partial charge >= 0.3 is 6.18 Å². The van der Waals surface area contributed by atoms with Crippen molar-refractivity contribution in [3.05, 3.63) is 46.6 Å². The predicted molar refractivity (Wildman–Crippen MR) is 101 cm³/mol. The molecule has 0 bridgehead atoms. The lowest BCUT2D eigenvalue weighted by molar-refractivity contribution is -0.137. The van der Waals surface area contributed by atoms with Gasteiger partial charge in [0.25, 0.3) is 0 Å². The van der Waals surface area contributed by atoms with Crippen LogP contribution in [0.1, 0.15) is 30.2 Å². The van der Waals surface area contributed by atoms with Crippen molar-refractivity contribution in [1.29, 1.82) is 10.5 Å². The van der Waals surface area contributed by atoms with Gasteiger partial charge in [0.15, 0.2) is 5.82 Å². The van der Waals surface area contributed by atoms with Crippen molar-refractivity contribution in [2.24, 2.45) is 0 Å². The van der Waals surface area contributed by atoms with Crippen LogP contribution in [0.4, 0.5) is 19.0 Å². The zero-order chi connectivity index (χ0) is 21.6. The average Bonchev–Trinajstić information content (AvgIpc) is 3.04. The summed E-state index contributed by atoms with van der Waals surface area (Å²) in [4.78, 5) is 0.0979. The molecular weight excluding hydrogens is 427 g/mol. The van der Waals surface area contributed by atoms with Crippen LogP contribution in [0.2, 0.25) is 5.02 Å². The number of hydrogen-bond acceptors (Lipinski definition) is 5. The van der Waals surface area contributed by atoms with Gasteiger partial charge < -0.3 is 9.87 Å². The summed E-state index contributed by atoms with van der Waals surface area (Å²) in [6.07, 6.45) is -3.66. The molecule has 2 atom stereocenters. The van der Waals surface area contributed by atoms with Gasteiger partial charge in [0.05, 0.1) is 34.3 Å². The Hall–Kier alpha value is -2.66. The summed E-state index contributed by atoms with van der Waals surface area (Å²) in [7, 11) is 0. The summed E-state index contributed by atoms with van der Waals surface area (Å²) in [5.41, 5.74) is -2.50. The van der Waals surface area contributed by atoms with Crippen molar-refractivity contribution in [3.63, 3.8) is 0 Å². The van der Waals surface area contributed by atoms with E-state index in [0.29, 0.717) is 0 Å². The zero-order valence-corrected chi connectivity index (χ0v) is 16.5. The van der Waals surface area contributed by atoms with E-state index in [-0.39, 0.29) is 44.9 Å².